The molecular formula is C21H19N3O7S. The van der Waals surface area contributed by atoms with Gasteiger partial charge in [-0.3, -0.25) is 19.6 Å². The number of non-ortho nitro benzene ring substituents is 1. The third kappa shape index (κ3) is 5.13. The Kier molecular flexibility index (Phi) is 6.59. The van der Waals surface area contributed by atoms with Gasteiger partial charge < -0.3 is 14.8 Å². The lowest BCUT2D eigenvalue weighted by Crippen LogP contribution is -2.16. The summed E-state index contributed by atoms with van der Waals surface area (Å²) in [6, 6.07) is 15.6. The molecule has 0 atom stereocenters. The summed E-state index contributed by atoms with van der Waals surface area (Å²) in [6.07, 6.45) is 0. The van der Waals surface area contributed by atoms with E-state index in [2.05, 4.69) is 10.0 Å². The molecule has 3 rings (SSSR count). The molecule has 10 nitrogen and oxygen atoms in total. The van der Waals surface area contributed by atoms with E-state index in [1.165, 1.54) is 50.6 Å². The normalized spacial score (nSPS) is 10.8. The molecule has 166 valence electrons. The number of nitro benzene ring substituents is 1. The van der Waals surface area contributed by atoms with Gasteiger partial charge in [0.05, 0.1) is 29.7 Å². The van der Waals surface area contributed by atoms with Crippen LogP contribution in [0.5, 0.6) is 11.5 Å². The summed E-state index contributed by atoms with van der Waals surface area (Å²) < 4.78 is 38.2. The highest BCUT2D eigenvalue weighted by Crippen LogP contribution is 2.31. The number of sulfonamides is 1. The predicted octanol–water partition coefficient (Wildman–Crippen LogP) is 3.67. The van der Waals surface area contributed by atoms with Gasteiger partial charge >= 0.3 is 0 Å². The molecule has 0 aromatic heterocycles. The van der Waals surface area contributed by atoms with Crippen molar-refractivity contribution in [2.45, 2.75) is 4.90 Å². The van der Waals surface area contributed by atoms with Crippen LogP contribution in [0.2, 0.25) is 0 Å². The maximum absolute atomic E-state index is 12.9. The molecule has 1 amide bonds. The Balaban J connectivity index is 1.85. The van der Waals surface area contributed by atoms with Crippen LogP contribution in [0.3, 0.4) is 0 Å². The van der Waals surface area contributed by atoms with Crippen LogP contribution in [0.4, 0.5) is 17.1 Å². The quantitative estimate of drug-likeness (QED) is 0.389. The van der Waals surface area contributed by atoms with Crippen molar-refractivity contribution in [3.05, 3.63) is 82.4 Å². The second kappa shape index (κ2) is 9.35. The number of carbonyl (C=O) groups excluding carboxylic acids is 1. The summed E-state index contributed by atoms with van der Waals surface area (Å²) in [5.74, 6) is 0.214. The van der Waals surface area contributed by atoms with E-state index in [0.29, 0.717) is 11.4 Å². The molecule has 32 heavy (non-hydrogen) atoms. The van der Waals surface area contributed by atoms with Crippen LogP contribution in [-0.2, 0) is 10.0 Å². The van der Waals surface area contributed by atoms with E-state index in [0.717, 1.165) is 6.07 Å². The average Bonchev–Trinajstić information content (AvgIpc) is 2.79. The number of hydrogen-bond donors (Lipinski definition) is 2. The minimum absolute atomic E-state index is 0.102. The first kappa shape index (κ1) is 22.6. The molecular weight excluding hydrogens is 438 g/mol. The molecule has 0 bridgehead atoms. The van der Waals surface area contributed by atoms with Crippen LogP contribution in [0.15, 0.2) is 71.6 Å². The fourth-order valence-electron chi connectivity index (χ4n) is 2.78. The number of anilines is 2. The minimum Gasteiger partial charge on any atom is -0.497 e. The van der Waals surface area contributed by atoms with E-state index < -0.39 is 20.9 Å². The Morgan fingerprint density at radius 3 is 2.31 bits per heavy atom. The highest BCUT2D eigenvalue weighted by Gasteiger charge is 2.20. The molecule has 0 unspecified atom stereocenters. The van der Waals surface area contributed by atoms with Crippen molar-refractivity contribution in [2.24, 2.45) is 0 Å². The maximum atomic E-state index is 12.9. The number of ether oxygens (including phenoxy) is 2. The summed E-state index contributed by atoms with van der Waals surface area (Å²) in [4.78, 5) is 22.8. The summed E-state index contributed by atoms with van der Waals surface area (Å²) >= 11 is 0. The van der Waals surface area contributed by atoms with Gasteiger partial charge in [0.25, 0.3) is 21.6 Å². The van der Waals surface area contributed by atoms with Crippen LogP contribution in [0.25, 0.3) is 0 Å². The van der Waals surface area contributed by atoms with Crippen molar-refractivity contribution in [2.75, 3.05) is 24.3 Å². The highest BCUT2D eigenvalue weighted by atomic mass is 32.2. The van der Waals surface area contributed by atoms with Gasteiger partial charge in [-0.05, 0) is 48.5 Å². The van der Waals surface area contributed by atoms with Crippen LogP contribution in [0, 0.1) is 10.1 Å². The fourth-order valence-corrected chi connectivity index (χ4v) is 3.88. The van der Waals surface area contributed by atoms with Crippen LogP contribution in [0.1, 0.15) is 10.4 Å². The first-order chi connectivity index (χ1) is 15.2. The smallest absolute Gasteiger partial charge is 0.271 e. The van der Waals surface area contributed by atoms with Gasteiger partial charge in [-0.25, -0.2) is 8.42 Å². The molecule has 0 radical (unpaired) electrons. The topological polar surface area (TPSA) is 137 Å². The van der Waals surface area contributed by atoms with Crippen molar-refractivity contribution in [3.63, 3.8) is 0 Å². The molecule has 0 heterocycles. The third-order valence-corrected chi connectivity index (χ3v) is 5.76. The Morgan fingerprint density at radius 1 is 0.969 bits per heavy atom. The number of benzene rings is 3. The first-order valence-electron chi connectivity index (χ1n) is 9.14. The molecule has 3 aromatic carbocycles. The van der Waals surface area contributed by atoms with Crippen molar-refractivity contribution in [1.29, 1.82) is 0 Å². The predicted molar refractivity (Wildman–Crippen MR) is 118 cm³/mol. The number of hydrogen-bond acceptors (Lipinski definition) is 7. The summed E-state index contributed by atoms with van der Waals surface area (Å²) in [5.41, 5.74) is 0.198. The van der Waals surface area contributed by atoms with E-state index in [1.807, 2.05) is 0 Å². The number of amides is 1. The van der Waals surface area contributed by atoms with E-state index in [1.54, 1.807) is 24.3 Å². The molecule has 0 aliphatic heterocycles. The summed E-state index contributed by atoms with van der Waals surface area (Å²) in [5, 5.41) is 13.7. The number of nitrogens with one attached hydrogen (secondary N) is 2. The van der Waals surface area contributed by atoms with E-state index in [9.17, 15) is 23.3 Å². The molecule has 0 aliphatic carbocycles. The summed E-state index contributed by atoms with van der Waals surface area (Å²) in [6.45, 7) is 0. The zero-order valence-corrected chi connectivity index (χ0v) is 17.9. The number of nitro groups is 1. The van der Waals surface area contributed by atoms with Gasteiger partial charge in [0.15, 0.2) is 0 Å². The van der Waals surface area contributed by atoms with Crippen LogP contribution < -0.4 is 19.5 Å². The van der Waals surface area contributed by atoms with E-state index in [-0.39, 0.29) is 27.6 Å². The molecule has 0 aliphatic rings. The van der Waals surface area contributed by atoms with Gasteiger partial charge in [-0.1, -0.05) is 6.07 Å². The number of rotatable bonds is 8. The number of carbonyl (C=O) groups is 1. The lowest BCUT2D eigenvalue weighted by atomic mass is 10.2. The van der Waals surface area contributed by atoms with Crippen molar-refractivity contribution >= 4 is 33.0 Å². The fraction of sp³-hybridized carbons (Fsp3) is 0.0952. The Labute approximate surface area is 184 Å². The zero-order chi connectivity index (χ0) is 23.3. The Hall–Kier alpha value is -4.12. The first-order valence-corrected chi connectivity index (χ1v) is 10.6. The largest absolute Gasteiger partial charge is 0.497 e. The van der Waals surface area contributed by atoms with E-state index in [4.69, 9.17) is 9.47 Å². The Morgan fingerprint density at radius 2 is 1.69 bits per heavy atom. The molecule has 0 saturated heterocycles. The molecule has 2 N–H and O–H groups in total. The lowest BCUT2D eigenvalue weighted by molar-refractivity contribution is -0.384. The molecule has 11 heteroatoms. The van der Waals surface area contributed by atoms with Crippen LogP contribution >= 0.6 is 0 Å². The standard InChI is InChI=1S/C21H19N3O7S/c1-30-17-9-6-15(7-10-17)22-21(25)14-4-3-5-18(12-14)32(28,29)23-19-13-16(24(26)27)8-11-20(19)31-2/h3-13,23H,1-2H3,(H,22,25). The van der Waals surface area contributed by atoms with Gasteiger partial charge in [-0.15, -0.1) is 0 Å². The molecule has 3 aromatic rings. The molecule has 0 saturated carbocycles. The zero-order valence-electron chi connectivity index (χ0n) is 17.1. The lowest BCUT2D eigenvalue weighted by Gasteiger charge is -2.12. The van der Waals surface area contributed by atoms with Crippen molar-refractivity contribution in [3.8, 4) is 11.5 Å². The molecule has 0 spiro atoms. The van der Waals surface area contributed by atoms with Gasteiger partial charge in [0, 0.05) is 23.4 Å². The highest BCUT2D eigenvalue weighted by molar-refractivity contribution is 7.92. The van der Waals surface area contributed by atoms with Gasteiger partial charge in [0.2, 0.25) is 0 Å². The maximum Gasteiger partial charge on any atom is 0.271 e. The van der Waals surface area contributed by atoms with Crippen molar-refractivity contribution in [1.82, 2.24) is 0 Å². The average molecular weight is 457 g/mol. The Bertz CT molecular complexity index is 1260. The van der Waals surface area contributed by atoms with Gasteiger partial charge in [-0.2, -0.15) is 0 Å². The summed E-state index contributed by atoms with van der Waals surface area (Å²) in [7, 11) is -1.34. The second-order valence-corrected chi connectivity index (χ2v) is 8.14. The third-order valence-electron chi connectivity index (χ3n) is 4.39. The number of nitrogens with zero attached hydrogens (tertiary/aromatic N) is 1. The van der Waals surface area contributed by atoms with Gasteiger partial charge in [0.1, 0.15) is 11.5 Å². The second-order valence-electron chi connectivity index (χ2n) is 6.46. The number of methoxy groups -OCH3 is 2. The van der Waals surface area contributed by atoms with Crippen molar-refractivity contribution < 1.29 is 27.6 Å². The van der Waals surface area contributed by atoms with E-state index >= 15 is 0 Å². The monoisotopic (exact) mass is 457 g/mol. The minimum atomic E-state index is -4.18. The van der Waals surface area contributed by atoms with Crippen LogP contribution in [-0.4, -0.2) is 33.5 Å². The molecule has 0 fully saturated rings. The SMILES string of the molecule is COc1ccc(NC(=O)c2cccc(S(=O)(=O)Nc3cc([N+](=O)[O-])ccc3OC)c2)cc1.